The number of nitrogens with one attached hydrogen (secondary N) is 1. The topological polar surface area (TPSA) is 17.0 Å². The maximum Gasteiger partial charge on any atom is 0.416 e. The molecule has 2 heterocycles. The third kappa shape index (κ3) is 2.77. The molecule has 1 aromatic carbocycles. The second-order valence-electron chi connectivity index (χ2n) is 6.45. The van der Waals surface area contributed by atoms with E-state index in [1.54, 1.807) is 6.07 Å². The van der Waals surface area contributed by atoms with Crippen molar-refractivity contribution in [2.45, 2.75) is 44.6 Å². The summed E-state index contributed by atoms with van der Waals surface area (Å²) in [6.07, 6.45) is -1.30. The molecule has 2 aromatic rings. The molecule has 118 valence electrons. The van der Waals surface area contributed by atoms with Crippen LogP contribution in [-0.2, 0) is 18.3 Å². The molecule has 1 unspecified atom stereocenters. The van der Waals surface area contributed by atoms with E-state index < -0.39 is 11.7 Å². The van der Waals surface area contributed by atoms with Crippen molar-refractivity contribution in [1.82, 2.24) is 9.88 Å². The van der Waals surface area contributed by atoms with E-state index in [-0.39, 0.29) is 11.6 Å². The number of alkyl halides is 3. The van der Waals surface area contributed by atoms with E-state index in [0.29, 0.717) is 12.1 Å². The number of hydrogen-bond acceptors (Lipinski definition) is 1. The Labute approximate surface area is 128 Å². The smallest absolute Gasteiger partial charge is 0.344 e. The van der Waals surface area contributed by atoms with Crippen LogP contribution in [0.1, 0.15) is 43.1 Å². The minimum absolute atomic E-state index is 0.0321. The summed E-state index contributed by atoms with van der Waals surface area (Å²) in [7, 11) is 0. The lowest BCUT2D eigenvalue weighted by Crippen LogP contribution is -2.23. The van der Waals surface area contributed by atoms with Crippen molar-refractivity contribution in [2.75, 3.05) is 0 Å². The third-order valence-corrected chi connectivity index (χ3v) is 4.30. The minimum Gasteiger partial charge on any atom is -0.344 e. The highest BCUT2D eigenvalue weighted by atomic mass is 19.4. The Morgan fingerprint density at radius 3 is 2.73 bits per heavy atom. The van der Waals surface area contributed by atoms with Gasteiger partial charge >= 0.3 is 6.18 Å². The van der Waals surface area contributed by atoms with Gasteiger partial charge in [-0.15, -0.1) is 0 Å². The van der Waals surface area contributed by atoms with Gasteiger partial charge in [0.2, 0.25) is 0 Å². The van der Waals surface area contributed by atoms with Crippen LogP contribution in [0, 0.1) is 0 Å². The third-order valence-electron chi connectivity index (χ3n) is 4.30. The molecule has 5 heteroatoms. The molecule has 1 atom stereocenters. The highest BCUT2D eigenvalue weighted by Gasteiger charge is 2.35. The molecule has 1 aliphatic heterocycles. The number of benzene rings is 1. The molecule has 0 saturated carbocycles. The summed E-state index contributed by atoms with van der Waals surface area (Å²) in [5.74, 6) is 0. The monoisotopic (exact) mass is 308 g/mol. The van der Waals surface area contributed by atoms with E-state index in [4.69, 9.17) is 0 Å². The number of aromatic nitrogens is 1. The zero-order valence-corrected chi connectivity index (χ0v) is 12.6. The molecule has 0 amide bonds. The summed E-state index contributed by atoms with van der Waals surface area (Å²) < 4.78 is 40.5. The Bertz CT molecular complexity index is 671. The van der Waals surface area contributed by atoms with E-state index in [1.165, 1.54) is 17.8 Å². The number of rotatable bonds is 3. The fourth-order valence-electron chi connectivity index (χ4n) is 3.21. The summed E-state index contributed by atoms with van der Waals surface area (Å²) in [5.41, 5.74) is 1.28. The fraction of sp³-hybridized carbons (Fsp3) is 0.412. The van der Waals surface area contributed by atoms with Crippen LogP contribution in [0.25, 0.3) is 0 Å². The molecular weight excluding hydrogens is 289 g/mol. The van der Waals surface area contributed by atoms with Gasteiger partial charge in [-0.1, -0.05) is 18.2 Å². The first kappa shape index (κ1) is 15.2. The first-order valence-electron chi connectivity index (χ1n) is 7.35. The molecule has 0 fully saturated rings. The first-order valence-corrected chi connectivity index (χ1v) is 7.35. The zero-order valence-electron chi connectivity index (χ0n) is 12.6. The van der Waals surface area contributed by atoms with Crippen LogP contribution >= 0.6 is 0 Å². The van der Waals surface area contributed by atoms with Crippen molar-refractivity contribution < 1.29 is 13.2 Å². The number of halogens is 3. The zero-order chi connectivity index (χ0) is 16.0. The van der Waals surface area contributed by atoms with Crippen LogP contribution in [0.5, 0.6) is 0 Å². The Balaban J connectivity index is 1.72. The first-order chi connectivity index (χ1) is 10.3. The molecule has 0 bridgehead atoms. The van der Waals surface area contributed by atoms with Gasteiger partial charge in [0.1, 0.15) is 0 Å². The molecule has 2 nitrogen and oxygen atoms in total. The van der Waals surface area contributed by atoms with E-state index in [2.05, 4.69) is 36.0 Å². The minimum atomic E-state index is -4.29. The largest absolute Gasteiger partial charge is 0.416 e. The molecule has 1 aromatic heterocycles. The highest BCUT2D eigenvalue weighted by molar-refractivity contribution is 5.26. The van der Waals surface area contributed by atoms with E-state index in [9.17, 15) is 13.2 Å². The van der Waals surface area contributed by atoms with E-state index in [1.807, 2.05) is 6.07 Å². The Hall–Kier alpha value is -1.75. The van der Waals surface area contributed by atoms with Crippen molar-refractivity contribution in [3.8, 4) is 0 Å². The SMILES string of the molecule is CC1(C)CC(NCc2cccc(C(F)(F)F)c2)c2cccn21. The second-order valence-corrected chi connectivity index (χ2v) is 6.45. The normalized spacial score (nSPS) is 20.1. The predicted molar refractivity (Wildman–Crippen MR) is 79.4 cm³/mol. The van der Waals surface area contributed by atoms with Crippen LogP contribution in [0.4, 0.5) is 13.2 Å². The lowest BCUT2D eigenvalue weighted by Gasteiger charge is -2.21. The molecule has 22 heavy (non-hydrogen) atoms. The molecule has 0 radical (unpaired) electrons. The quantitative estimate of drug-likeness (QED) is 0.885. The van der Waals surface area contributed by atoms with Crippen molar-refractivity contribution >= 4 is 0 Å². The van der Waals surface area contributed by atoms with Crippen LogP contribution in [0.2, 0.25) is 0 Å². The highest BCUT2D eigenvalue weighted by Crippen LogP contribution is 2.39. The average Bonchev–Trinajstić information content (AvgIpc) is 3.00. The van der Waals surface area contributed by atoms with Gasteiger partial charge in [-0.3, -0.25) is 0 Å². The van der Waals surface area contributed by atoms with Crippen LogP contribution < -0.4 is 5.32 Å². The van der Waals surface area contributed by atoms with Gasteiger partial charge in [0.25, 0.3) is 0 Å². The lowest BCUT2D eigenvalue weighted by molar-refractivity contribution is -0.137. The van der Waals surface area contributed by atoms with E-state index in [0.717, 1.165) is 12.5 Å². The molecule has 0 spiro atoms. The average molecular weight is 308 g/mol. The predicted octanol–water partition coefficient (Wildman–Crippen LogP) is 4.48. The Kier molecular flexibility index (Phi) is 3.56. The van der Waals surface area contributed by atoms with Crippen molar-refractivity contribution in [3.05, 3.63) is 59.4 Å². The second kappa shape index (κ2) is 5.16. The summed E-state index contributed by atoms with van der Waals surface area (Å²) in [6.45, 7) is 4.76. The Morgan fingerprint density at radius 2 is 2.00 bits per heavy atom. The van der Waals surface area contributed by atoms with Gasteiger partial charge in [0.15, 0.2) is 0 Å². The van der Waals surface area contributed by atoms with Crippen LogP contribution in [-0.4, -0.2) is 4.57 Å². The van der Waals surface area contributed by atoms with Gasteiger partial charge in [-0.2, -0.15) is 13.2 Å². The van der Waals surface area contributed by atoms with Crippen molar-refractivity contribution in [3.63, 3.8) is 0 Å². The fourth-order valence-corrected chi connectivity index (χ4v) is 3.21. The summed E-state index contributed by atoms with van der Waals surface area (Å²) >= 11 is 0. The summed E-state index contributed by atoms with van der Waals surface area (Å²) in [5, 5.41) is 3.39. The number of fused-ring (bicyclic) bond motifs is 1. The van der Waals surface area contributed by atoms with Gasteiger partial charge in [-0.25, -0.2) is 0 Å². The van der Waals surface area contributed by atoms with E-state index >= 15 is 0 Å². The van der Waals surface area contributed by atoms with Gasteiger partial charge in [-0.05, 0) is 44.0 Å². The molecule has 3 rings (SSSR count). The van der Waals surface area contributed by atoms with Crippen molar-refractivity contribution in [1.29, 1.82) is 0 Å². The summed E-state index contributed by atoms with van der Waals surface area (Å²) in [6, 6.07) is 9.75. The number of hydrogen-bond donors (Lipinski definition) is 1. The van der Waals surface area contributed by atoms with Gasteiger partial charge in [0, 0.05) is 30.0 Å². The van der Waals surface area contributed by atoms with Crippen molar-refractivity contribution in [2.24, 2.45) is 0 Å². The molecular formula is C17H19F3N2. The van der Waals surface area contributed by atoms with Crippen LogP contribution in [0.3, 0.4) is 0 Å². The molecule has 0 saturated heterocycles. The number of nitrogens with zero attached hydrogens (tertiary/aromatic N) is 1. The molecule has 1 aliphatic rings. The van der Waals surface area contributed by atoms with Crippen LogP contribution in [0.15, 0.2) is 42.6 Å². The van der Waals surface area contributed by atoms with Gasteiger partial charge < -0.3 is 9.88 Å². The lowest BCUT2D eigenvalue weighted by atomic mass is 9.99. The standard InChI is InChI=1S/C17H19F3N2/c1-16(2)10-14(15-7-4-8-22(15)16)21-11-12-5-3-6-13(9-12)17(18,19)20/h3-9,14,21H,10-11H2,1-2H3. The summed E-state index contributed by atoms with van der Waals surface area (Å²) in [4.78, 5) is 0. The molecule has 1 N–H and O–H groups in total. The molecule has 0 aliphatic carbocycles. The Morgan fingerprint density at radius 1 is 1.23 bits per heavy atom. The maximum absolute atomic E-state index is 12.7. The van der Waals surface area contributed by atoms with Gasteiger partial charge in [0.05, 0.1) is 5.56 Å². The maximum atomic E-state index is 12.7.